The zero-order valence-corrected chi connectivity index (χ0v) is 17.1. The highest BCUT2D eigenvalue weighted by atomic mass is 32.2. The van der Waals surface area contributed by atoms with E-state index in [0.717, 1.165) is 21.7 Å². The van der Waals surface area contributed by atoms with Crippen molar-refractivity contribution in [3.63, 3.8) is 0 Å². The summed E-state index contributed by atoms with van der Waals surface area (Å²) in [6.45, 7) is 8.82. The van der Waals surface area contributed by atoms with Crippen LogP contribution in [0.5, 0.6) is 0 Å². The minimum absolute atomic E-state index is 0.130. The predicted octanol–water partition coefficient (Wildman–Crippen LogP) is 2.52. The van der Waals surface area contributed by atoms with Crippen LogP contribution in [0.3, 0.4) is 0 Å². The summed E-state index contributed by atoms with van der Waals surface area (Å²) in [6, 6.07) is 3.79. The normalized spacial score (nSPS) is 16.1. The van der Waals surface area contributed by atoms with Gasteiger partial charge >= 0.3 is 0 Å². The van der Waals surface area contributed by atoms with Gasteiger partial charge in [0.05, 0.1) is 9.90 Å². The van der Waals surface area contributed by atoms with Crippen LogP contribution >= 0.6 is 11.3 Å². The van der Waals surface area contributed by atoms with E-state index >= 15 is 0 Å². The molecule has 0 saturated carbocycles. The first-order valence-electron chi connectivity index (χ1n) is 8.49. The van der Waals surface area contributed by atoms with Crippen LogP contribution in [0.2, 0.25) is 0 Å². The van der Waals surface area contributed by atoms with Gasteiger partial charge in [-0.3, -0.25) is 4.79 Å². The molecule has 0 unspecified atom stereocenters. The van der Waals surface area contributed by atoms with Gasteiger partial charge < -0.3 is 4.90 Å². The van der Waals surface area contributed by atoms with E-state index in [1.165, 1.54) is 15.6 Å². The first kappa shape index (κ1) is 19.0. The SMILES string of the molecule is Cc1cc(C)c(S(=O)(=O)N2CCN(C(=O)c3csc(C)n3)CC2)c(C)c1. The number of thiazole rings is 1. The van der Waals surface area contributed by atoms with Crippen LogP contribution in [-0.2, 0) is 10.0 Å². The van der Waals surface area contributed by atoms with E-state index in [1.807, 2.05) is 39.8 Å². The smallest absolute Gasteiger partial charge is 0.273 e. The van der Waals surface area contributed by atoms with Crippen molar-refractivity contribution in [2.75, 3.05) is 26.2 Å². The minimum Gasteiger partial charge on any atom is -0.335 e. The van der Waals surface area contributed by atoms with Gasteiger partial charge in [-0.05, 0) is 38.8 Å². The molecular formula is C18H23N3O3S2. The number of sulfonamides is 1. The highest BCUT2D eigenvalue weighted by molar-refractivity contribution is 7.89. The monoisotopic (exact) mass is 393 g/mol. The van der Waals surface area contributed by atoms with Crippen molar-refractivity contribution in [1.82, 2.24) is 14.2 Å². The molecule has 1 fully saturated rings. The standard InChI is InChI=1S/C18H23N3O3S2/c1-12-9-13(2)17(14(3)10-12)26(23,24)21-7-5-20(6-8-21)18(22)16-11-25-15(4)19-16/h9-11H,5-8H2,1-4H3. The lowest BCUT2D eigenvalue weighted by Gasteiger charge is -2.34. The van der Waals surface area contributed by atoms with Crippen molar-refractivity contribution in [2.45, 2.75) is 32.6 Å². The van der Waals surface area contributed by atoms with E-state index in [-0.39, 0.29) is 5.91 Å². The fourth-order valence-corrected chi connectivity index (χ4v) is 5.88. The Hall–Kier alpha value is -1.77. The van der Waals surface area contributed by atoms with Crippen molar-refractivity contribution in [1.29, 1.82) is 0 Å². The fourth-order valence-electron chi connectivity index (χ4n) is 3.46. The van der Waals surface area contributed by atoms with Crippen molar-refractivity contribution in [2.24, 2.45) is 0 Å². The van der Waals surface area contributed by atoms with Crippen molar-refractivity contribution < 1.29 is 13.2 Å². The Balaban J connectivity index is 1.76. The van der Waals surface area contributed by atoms with Crippen LogP contribution in [-0.4, -0.2) is 54.7 Å². The number of aromatic nitrogens is 1. The van der Waals surface area contributed by atoms with Crippen molar-refractivity contribution in [3.8, 4) is 0 Å². The third-order valence-electron chi connectivity index (χ3n) is 4.57. The van der Waals surface area contributed by atoms with Gasteiger partial charge in [0, 0.05) is 31.6 Å². The third-order valence-corrected chi connectivity index (χ3v) is 7.54. The second kappa shape index (κ2) is 7.09. The second-order valence-electron chi connectivity index (χ2n) is 6.68. The Morgan fingerprint density at radius 2 is 1.62 bits per heavy atom. The molecule has 0 radical (unpaired) electrons. The van der Waals surface area contributed by atoms with Crippen molar-refractivity contribution in [3.05, 3.63) is 44.9 Å². The Bertz CT molecular complexity index is 919. The first-order chi connectivity index (χ1) is 12.2. The Morgan fingerprint density at radius 1 is 1.04 bits per heavy atom. The van der Waals surface area contributed by atoms with E-state index in [0.29, 0.717) is 36.8 Å². The molecular weight excluding hydrogens is 370 g/mol. The molecule has 140 valence electrons. The molecule has 6 nitrogen and oxygen atoms in total. The lowest BCUT2D eigenvalue weighted by Crippen LogP contribution is -2.50. The third kappa shape index (κ3) is 3.54. The van der Waals surface area contributed by atoms with Crippen LogP contribution in [0.4, 0.5) is 0 Å². The molecule has 8 heteroatoms. The molecule has 1 aliphatic rings. The summed E-state index contributed by atoms with van der Waals surface area (Å²) in [6.07, 6.45) is 0. The van der Waals surface area contributed by atoms with Crippen LogP contribution in [0.15, 0.2) is 22.4 Å². The number of benzene rings is 1. The summed E-state index contributed by atoms with van der Waals surface area (Å²) in [5, 5.41) is 2.60. The highest BCUT2D eigenvalue weighted by Gasteiger charge is 2.32. The number of amides is 1. The molecule has 0 aliphatic carbocycles. The molecule has 0 N–H and O–H groups in total. The molecule has 1 aromatic heterocycles. The van der Waals surface area contributed by atoms with E-state index < -0.39 is 10.0 Å². The lowest BCUT2D eigenvalue weighted by atomic mass is 10.1. The maximum absolute atomic E-state index is 13.1. The molecule has 0 spiro atoms. The average Bonchev–Trinajstić information content (AvgIpc) is 2.99. The summed E-state index contributed by atoms with van der Waals surface area (Å²) in [5.74, 6) is -0.130. The molecule has 1 saturated heterocycles. The lowest BCUT2D eigenvalue weighted by molar-refractivity contribution is 0.0692. The second-order valence-corrected chi connectivity index (χ2v) is 9.61. The summed E-state index contributed by atoms with van der Waals surface area (Å²) in [7, 11) is -3.57. The number of carbonyl (C=O) groups excluding carboxylic acids is 1. The minimum atomic E-state index is -3.57. The van der Waals surface area contributed by atoms with E-state index in [9.17, 15) is 13.2 Å². The Labute approximate surface area is 158 Å². The zero-order valence-electron chi connectivity index (χ0n) is 15.4. The summed E-state index contributed by atoms with van der Waals surface area (Å²) >= 11 is 1.44. The van der Waals surface area contributed by atoms with Gasteiger partial charge in [0.25, 0.3) is 5.91 Å². The molecule has 2 heterocycles. The van der Waals surface area contributed by atoms with Crippen molar-refractivity contribution >= 4 is 27.3 Å². The zero-order chi connectivity index (χ0) is 19.1. The van der Waals surface area contributed by atoms with Crippen LogP contribution in [0, 0.1) is 27.7 Å². The molecule has 0 atom stereocenters. The number of nitrogens with zero attached hydrogens (tertiary/aromatic N) is 3. The maximum Gasteiger partial charge on any atom is 0.273 e. The Morgan fingerprint density at radius 3 is 2.12 bits per heavy atom. The molecule has 0 bridgehead atoms. The predicted molar refractivity (Wildman–Crippen MR) is 102 cm³/mol. The largest absolute Gasteiger partial charge is 0.335 e. The summed E-state index contributed by atoms with van der Waals surface area (Å²) < 4.78 is 27.7. The quantitative estimate of drug-likeness (QED) is 0.803. The van der Waals surface area contributed by atoms with E-state index in [2.05, 4.69) is 4.98 Å². The van der Waals surface area contributed by atoms with Gasteiger partial charge in [-0.1, -0.05) is 17.7 Å². The number of hydrogen-bond donors (Lipinski definition) is 0. The summed E-state index contributed by atoms with van der Waals surface area (Å²) in [4.78, 5) is 18.8. The van der Waals surface area contributed by atoms with Gasteiger partial charge in [-0.15, -0.1) is 11.3 Å². The summed E-state index contributed by atoms with van der Waals surface area (Å²) in [5.41, 5.74) is 3.01. The van der Waals surface area contributed by atoms with Crippen LogP contribution < -0.4 is 0 Å². The number of piperazine rings is 1. The molecule has 1 aromatic carbocycles. The van der Waals surface area contributed by atoms with Gasteiger partial charge in [0.2, 0.25) is 10.0 Å². The number of rotatable bonds is 3. The van der Waals surface area contributed by atoms with E-state index in [1.54, 1.807) is 10.3 Å². The topological polar surface area (TPSA) is 70.6 Å². The number of hydrogen-bond acceptors (Lipinski definition) is 5. The fraction of sp³-hybridized carbons (Fsp3) is 0.444. The molecule has 3 rings (SSSR count). The van der Waals surface area contributed by atoms with Gasteiger partial charge in [-0.25, -0.2) is 13.4 Å². The van der Waals surface area contributed by atoms with E-state index in [4.69, 9.17) is 0 Å². The molecule has 1 aliphatic heterocycles. The number of carbonyl (C=O) groups is 1. The Kier molecular flexibility index (Phi) is 5.18. The van der Waals surface area contributed by atoms with Crippen LogP contribution in [0.25, 0.3) is 0 Å². The highest BCUT2D eigenvalue weighted by Crippen LogP contribution is 2.26. The van der Waals surface area contributed by atoms with Gasteiger partial charge in [0.15, 0.2) is 0 Å². The van der Waals surface area contributed by atoms with Crippen LogP contribution in [0.1, 0.15) is 32.2 Å². The molecule has 2 aromatic rings. The molecule has 26 heavy (non-hydrogen) atoms. The maximum atomic E-state index is 13.1. The number of aryl methyl sites for hydroxylation is 4. The van der Waals surface area contributed by atoms with Gasteiger partial charge in [-0.2, -0.15) is 4.31 Å². The first-order valence-corrected chi connectivity index (χ1v) is 10.8. The van der Waals surface area contributed by atoms with Gasteiger partial charge in [0.1, 0.15) is 5.69 Å². The molecule has 1 amide bonds. The average molecular weight is 394 g/mol.